The molecule has 0 bridgehead atoms. The third-order valence-electron chi connectivity index (χ3n) is 10.2. The van der Waals surface area contributed by atoms with Gasteiger partial charge in [0.25, 0.3) is 0 Å². The highest BCUT2D eigenvalue weighted by Gasteiger charge is 2.34. The van der Waals surface area contributed by atoms with E-state index in [0.29, 0.717) is 34.3 Å². The molecule has 8 rings (SSSR count). The number of rotatable bonds is 5. The van der Waals surface area contributed by atoms with Gasteiger partial charge in [-0.25, -0.2) is 15.0 Å². The van der Waals surface area contributed by atoms with Crippen LogP contribution in [0.2, 0.25) is 0 Å². The molecule has 7 heteroatoms. The average Bonchev–Trinajstić information content (AvgIpc) is 3.50. The van der Waals surface area contributed by atoms with Gasteiger partial charge in [-0.2, -0.15) is 13.2 Å². The highest BCUT2D eigenvalue weighted by Crippen LogP contribution is 2.43. The van der Waals surface area contributed by atoms with Gasteiger partial charge in [0, 0.05) is 27.5 Å². The summed E-state index contributed by atoms with van der Waals surface area (Å²) in [6.07, 6.45) is -4.55. The van der Waals surface area contributed by atoms with Crippen LogP contribution < -0.4 is 0 Å². The summed E-state index contributed by atoms with van der Waals surface area (Å²) in [7, 11) is 0. The van der Waals surface area contributed by atoms with Crippen LogP contribution in [0.3, 0.4) is 0 Å². The molecule has 0 radical (unpaired) electrons. The molecule has 0 aliphatic heterocycles. The van der Waals surface area contributed by atoms with Crippen LogP contribution >= 0.6 is 0 Å². The van der Waals surface area contributed by atoms with Gasteiger partial charge in [0.2, 0.25) is 0 Å². The number of hydrogen-bond acceptors (Lipinski definition) is 3. The summed E-state index contributed by atoms with van der Waals surface area (Å²) in [5, 5.41) is 2.09. The molecule has 0 unspecified atom stereocenters. The first-order chi connectivity index (χ1) is 26.2. The average molecular weight is 731 g/mol. The van der Waals surface area contributed by atoms with E-state index in [1.807, 2.05) is 72.8 Å². The Bertz CT molecular complexity index is 2570. The first kappa shape index (κ1) is 35.9. The Morgan fingerprint density at radius 2 is 0.909 bits per heavy atom. The van der Waals surface area contributed by atoms with Crippen molar-refractivity contribution in [2.75, 3.05) is 0 Å². The zero-order valence-corrected chi connectivity index (χ0v) is 31.7. The molecular weight excluding hydrogens is 690 g/mol. The van der Waals surface area contributed by atoms with E-state index in [0.717, 1.165) is 50.1 Å². The normalized spacial score (nSPS) is 12.5. The summed E-state index contributed by atoms with van der Waals surface area (Å²) < 4.78 is 45.9. The molecule has 2 heterocycles. The van der Waals surface area contributed by atoms with Crippen molar-refractivity contribution in [2.24, 2.45) is 0 Å². The number of alkyl halides is 3. The van der Waals surface area contributed by atoms with E-state index < -0.39 is 11.7 Å². The number of halogens is 3. The van der Waals surface area contributed by atoms with Crippen molar-refractivity contribution in [3.63, 3.8) is 0 Å². The fraction of sp³-hybridized carbons (Fsp3) is 0.188. The van der Waals surface area contributed by atoms with Crippen LogP contribution in [-0.2, 0) is 17.0 Å². The van der Waals surface area contributed by atoms with Gasteiger partial charge in [-0.1, -0.05) is 151 Å². The van der Waals surface area contributed by atoms with E-state index in [9.17, 15) is 13.2 Å². The molecular formula is C48H41F3N4. The molecule has 8 aromatic rings. The lowest BCUT2D eigenvalue weighted by Gasteiger charge is -2.21. The van der Waals surface area contributed by atoms with Gasteiger partial charge in [-0.05, 0) is 63.4 Å². The number of aromatic nitrogens is 4. The lowest BCUT2D eigenvalue weighted by Crippen LogP contribution is -2.11. The Morgan fingerprint density at radius 1 is 0.436 bits per heavy atom. The molecule has 0 N–H and O–H groups in total. The Labute approximate surface area is 319 Å². The predicted octanol–water partition coefficient (Wildman–Crippen LogP) is 13.3. The number of fused-ring (bicyclic) bond motifs is 3. The molecule has 0 amide bonds. The van der Waals surface area contributed by atoms with Gasteiger partial charge >= 0.3 is 6.18 Å². The minimum atomic E-state index is -4.55. The molecule has 0 atom stereocenters. The minimum Gasteiger partial charge on any atom is -0.308 e. The monoisotopic (exact) mass is 730 g/mol. The van der Waals surface area contributed by atoms with E-state index >= 15 is 0 Å². The largest absolute Gasteiger partial charge is 0.417 e. The van der Waals surface area contributed by atoms with Crippen molar-refractivity contribution in [1.29, 1.82) is 0 Å². The number of hydrogen-bond donors (Lipinski definition) is 0. The van der Waals surface area contributed by atoms with Crippen LogP contribution in [0.15, 0.2) is 140 Å². The molecule has 0 aliphatic carbocycles. The molecule has 4 nitrogen and oxygen atoms in total. The second-order valence-corrected chi connectivity index (χ2v) is 16.1. The van der Waals surface area contributed by atoms with Gasteiger partial charge in [0.15, 0.2) is 17.5 Å². The maximum atomic E-state index is 14.6. The van der Waals surface area contributed by atoms with Gasteiger partial charge < -0.3 is 4.57 Å². The van der Waals surface area contributed by atoms with Gasteiger partial charge in [0.1, 0.15) is 0 Å². The zero-order chi connectivity index (χ0) is 38.7. The van der Waals surface area contributed by atoms with Crippen LogP contribution in [0.1, 0.15) is 58.2 Å². The lowest BCUT2D eigenvalue weighted by molar-refractivity contribution is -0.137. The highest BCUT2D eigenvalue weighted by molar-refractivity contribution is 6.10. The topological polar surface area (TPSA) is 43.6 Å². The Hall–Kier alpha value is -6.08. The van der Waals surface area contributed by atoms with Crippen LogP contribution in [0.4, 0.5) is 13.2 Å². The Morgan fingerprint density at radius 3 is 1.40 bits per heavy atom. The zero-order valence-electron chi connectivity index (χ0n) is 31.7. The third-order valence-corrected chi connectivity index (χ3v) is 10.2. The molecule has 55 heavy (non-hydrogen) atoms. The number of benzene rings is 6. The van der Waals surface area contributed by atoms with Crippen molar-refractivity contribution in [3.05, 3.63) is 156 Å². The molecule has 0 spiro atoms. The first-order valence-corrected chi connectivity index (χ1v) is 18.4. The van der Waals surface area contributed by atoms with Crippen LogP contribution in [0.5, 0.6) is 0 Å². The molecule has 0 saturated carbocycles. The SMILES string of the molecule is CC(C)(C)c1ccc2c3ccc(C(C)(C)C)cc3n(-c3cc(-c4ccccc4C(F)(F)F)ccc3-c3nc(-c4ccccc4)nc(-c4ccccc4)n3)c2c1. The van der Waals surface area contributed by atoms with Gasteiger partial charge in [-0.3, -0.25) is 0 Å². The van der Waals surface area contributed by atoms with Crippen molar-refractivity contribution >= 4 is 21.8 Å². The lowest BCUT2D eigenvalue weighted by atomic mass is 9.86. The van der Waals surface area contributed by atoms with Gasteiger partial charge in [-0.15, -0.1) is 0 Å². The molecule has 6 aromatic carbocycles. The fourth-order valence-corrected chi connectivity index (χ4v) is 7.20. The quantitative estimate of drug-likeness (QED) is 0.177. The van der Waals surface area contributed by atoms with E-state index in [2.05, 4.69) is 82.5 Å². The smallest absolute Gasteiger partial charge is 0.308 e. The second-order valence-electron chi connectivity index (χ2n) is 16.1. The highest BCUT2D eigenvalue weighted by atomic mass is 19.4. The van der Waals surface area contributed by atoms with Crippen molar-refractivity contribution in [2.45, 2.75) is 58.5 Å². The van der Waals surface area contributed by atoms with E-state index in [-0.39, 0.29) is 16.4 Å². The molecule has 0 fully saturated rings. The van der Waals surface area contributed by atoms with E-state index in [4.69, 9.17) is 15.0 Å². The maximum Gasteiger partial charge on any atom is 0.417 e. The second kappa shape index (κ2) is 13.3. The summed E-state index contributed by atoms with van der Waals surface area (Å²) in [6, 6.07) is 43.8. The molecule has 0 saturated heterocycles. The predicted molar refractivity (Wildman–Crippen MR) is 218 cm³/mol. The van der Waals surface area contributed by atoms with Crippen molar-refractivity contribution in [3.8, 4) is 51.0 Å². The van der Waals surface area contributed by atoms with Crippen LogP contribution in [-0.4, -0.2) is 19.5 Å². The van der Waals surface area contributed by atoms with Crippen LogP contribution in [0.25, 0.3) is 72.8 Å². The Kier molecular flexibility index (Phi) is 8.71. The Balaban J connectivity index is 1.52. The number of nitrogens with zero attached hydrogens (tertiary/aromatic N) is 4. The standard InChI is InChI=1S/C48H41F3N4/c1-46(2,3)33-22-25-36-37-26-23-34(47(4,5)6)29-42(37)55(41(36)28-33)40-27-32(35-19-13-14-20-39(35)48(49,50)51)21-24-38(40)45-53-43(30-15-9-7-10-16-30)52-44(54-45)31-17-11-8-12-18-31/h7-29H,1-6H3. The van der Waals surface area contributed by atoms with Crippen molar-refractivity contribution in [1.82, 2.24) is 19.5 Å². The summed E-state index contributed by atoms with van der Waals surface area (Å²) in [6.45, 7) is 13.1. The molecule has 0 aliphatic rings. The third kappa shape index (κ3) is 6.80. The summed E-state index contributed by atoms with van der Waals surface area (Å²) in [4.78, 5) is 15.1. The first-order valence-electron chi connectivity index (χ1n) is 18.4. The van der Waals surface area contributed by atoms with E-state index in [1.165, 1.54) is 12.1 Å². The summed E-state index contributed by atoms with van der Waals surface area (Å²) >= 11 is 0. The maximum absolute atomic E-state index is 14.6. The molecule has 2 aromatic heterocycles. The minimum absolute atomic E-state index is 0.0972. The fourth-order valence-electron chi connectivity index (χ4n) is 7.20. The van der Waals surface area contributed by atoms with Gasteiger partial charge in [0.05, 0.1) is 22.3 Å². The van der Waals surface area contributed by atoms with E-state index in [1.54, 1.807) is 12.1 Å². The summed E-state index contributed by atoms with van der Waals surface area (Å²) in [5.74, 6) is 1.40. The summed E-state index contributed by atoms with van der Waals surface area (Å²) in [5.41, 5.74) is 6.63. The molecule has 274 valence electrons. The van der Waals surface area contributed by atoms with Crippen LogP contribution in [0, 0.1) is 0 Å². The van der Waals surface area contributed by atoms with Crippen molar-refractivity contribution < 1.29 is 13.2 Å².